The number of benzene rings is 1. The number of methoxy groups -OCH3 is 1. The van der Waals surface area contributed by atoms with Crippen molar-refractivity contribution in [3.05, 3.63) is 29.8 Å². The van der Waals surface area contributed by atoms with E-state index < -0.39 is 6.10 Å². The van der Waals surface area contributed by atoms with Crippen LogP contribution in [0.5, 0.6) is 5.75 Å². The van der Waals surface area contributed by atoms with Crippen molar-refractivity contribution in [1.82, 2.24) is 4.90 Å². The molecule has 1 unspecified atom stereocenters. The van der Waals surface area contributed by atoms with Crippen molar-refractivity contribution >= 4 is 5.78 Å². The molecule has 1 fully saturated rings. The molecule has 1 atom stereocenters. The summed E-state index contributed by atoms with van der Waals surface area (Å²) in [6.07, 6.45) is 0.987. The van der Waals surface area contributed by atoms with Crippen LogP contribution in [0.25, 0.3) is 0 Å². The molecule has 1 aliphatic rings. The lowest BCUT2D eigenvalue weighted by atomic mass is 10.1. The Morgan fingerprint density at radius 3 is 3.06 bits per heavy atom. The first kappa shape index (κ1) is 13.1. The molecule has 4 heteroatoms. The van der Waals surface area contributed by atoms with Crippen molar-refractivity contribution in [3.8, 4) is 5.75 Å². The zero-order chi connectivity index (χ0) is 13.0. The Hall–Kier alpha value is -1.39. The van der Waals surface area contributed by atoms with E-state index in [0.29, 0.717) is 19.5 Å². The fraction of sp³-hybridized carbons (Fsp3) is 0.500. The minimum absolute atomic E-state index is 0.263. The van der Waals surface area contributed by atoms with E-state index in [1.807, 2.05) is 29.2 Å². The van der Waals surface area contributed by atoms with Gasteiger partial charge in [-0.25, -0.2) is 0 Å². The molecular formula is C14H19NO3. The number of Topliss-reactive ketones (excluding diaryl/α,β-unsaturated/α-hetero) is 1. The molecule has 0 amide bonds. The van der Waals surface area contributed by atoms with Gasteiger partial charge in [-0.05, 0) is 30.7 Å². The number of aliphatic hydroxyl groups is 1. The second kappa shape index (κ2) is 5.98. The molecule has 1 heterocycles. The van der Waals surface area contributed by atoms with Gasteiger partial charge in [0.05, 0.1) is 19.8 Å². The summed E-state index contributed by atoms with van der Waals surface area (Å²) in [5.41, 5.74) is 0.826. The molecule has 0 saturated carbocycles. The molecule has 0 radical (unpaired) electrons. The van der Waals surface area contributed by atoms with Gasteiger partial charge >= 0.3 is 0 Å². The molecule has 1 aromatic rings. The molecule has 1 aliphatic heterocycles. The zero-order valence-corrected chi connectivity index (χ0v) is 10.6. The van der Waals surface area contributed by atoms with Gasteiger partial charge < -0.3 is 9.84 Å². The van der Waals surface area contributed by atoms with E-state index in [0.717, 1.165) is 24.3 Å². The van der Waals surface area contributed by atoms with Crippen molar-refractivity contribution < 1.29 is 14.6 Å². The average Bonchev–Trinajstić information content (AvgIpc) is 2.39. The molecular weight excluding hydrogens is 230 g/mol. The van der Waals surface area contributed by atoms with E-state index >= 15 is 0 Å². The minimum atomic E-state index is -0.578. The van der Waals surface area contributed by atoms with Crippen LogP contribution in [0.2, 0.25) is 0 Å². The monoisotopic (exact) mass is 249 g/mol. The summed E-state index contributed by atoms with van der Waals surface area (Å²) in [5.74, 6) is 1.00. The highest BCUT2D eigenvalue weighted by molar-refractivity contribution is 5.81. The number of ether oxygens (including phenoxy) is 1. The van der Waals surface area contributed by atoms with Crippen LogP contribution in [-0.4, -0.2) is 42.5 Å². The number of aliphatic hydroxyl groups excluding tert-OH is 1. The van der Waals surface area contributed by atoms with Crippen molar-refractivity contribution in [2.45, 2.75) is 18.9 Å². The topological polar surface area (TPSA) is 49.8 Å². The standard InChI is InChI=1S/C14H19NO3/c1-18-13-6-2-4-11(8-13)14(17)10-15-7-3-5-12(16)9-15/h2,4,6,8,14,17H,3,5,7,9-10H2,1H3. The highest BCUT2D eigenvalue weighted by Crippen LogP contribution is 2.20. The molecule has 4 nitrogen and oxygen atoms in total. The summed E-state index contributed by atoms with van der Waals surface area (Å²) in [4.78, 5) is 13.4. The smallest absolute Gasteiger partial charge is 0.146 e. The van der Waals surface area contributed by atoms with Crippen LogP contribution in [0.3, 0.4) is 0 Å². The fourth-order valence-electron chi connectivity index (χ4n) is 2.26. The molecule has 0 aromatic heterocycles. The van der Waals surface area contributed by atoms with Crippen LogP contribution < -0.4 is 4.74 Å². The predicted molar refractivity (Wildman–Crippen MR) is 68.6 cm³/mol. The summed E-state index contributed by atoms with van der Waals surface area (Å²) in [5, 5.41) is 10.2. The largest absolute Gasteiger partial charge is 0.497 e. The number of hydrogen-bond acceptors (Lipinski definition) is 4. The number of hydrogen-bond donors (Lipinski definition) is 1. The van der Waals surface area contributed by atoms with Gasteiger partial charge in [-0.15, -0.1) is 0 Å². The number of rotatable bonds is 4. The Morgan fingerprint density at radius 1 is 1.50 bits per heavy atom. The SMILES string of the molecule is COc1cccc(C(O)CN2CCCC(=O)C2)c1. The molecule has 1 saturated heterocycles. The predicted octanol–water partition coefficient (Wildman–Crippen LogP) is 1.39. The molecule has 0 bridgehead atoms. The minimum Gasteiger partial charge on any atom is -0.497 e. The Labute approximate surface area is 107 Å². The number of carbonyl (C=O) groups is 1. The Bertz CT molecular complexity index is 419. The molecule has 18 heavy (non-hydrogen) atoms. The number of ketones is 1. The fourth-order valence-corrected chi connectivity index (χ4v) is 2.26. The average molecular weight is 249 g/mol. The van der Waals surface area contributed by atoms with E-state index in [2.05, 4.69) is 0 Å². The number of piperidine rings is 1. The quantitative estimate of drug-likeness (QED) is 0.876. The highest BCUT2D eigenvalue weighted by atomic mass is 16.5. The summed E-state index contributed by atoms with van der Waals surface area (Å²) in [6.45, 7) is 1.84. The first-order chi connectivity index (χ1) is 8.69. The first-order valence-corrected chi connectivity index (χ1v) is 6.25. The van der Waals surface area contributed by atoms with Crippen LogP contribution in [-0.2, 0) is 4.79 Å². The zero-order valence-electron chi connectivity index (χ0n) is 10.6. The Kier molecular flexibility index (Phi) is 4.33. The van der Waals surface area contributed by atoms with Crippen LogP contribution in [0.4, 0.5) is 0 Å². The highest BCUT2D eigenvalue weighted by Gasteiger charge is 2.20. The summed E-state index contributed by atoms with van der Waals surface area (Å²) >= 11 is 0. The van der Waals surface area contributed by atoms with Gasteiger partial charge in [0.1, 0.15) is 11.5 Å². The molecule has 1 aromatic carbocycles. The number of nitrogens with zero attached hydrogens (tertiary/aromatic N) is 1. The van der Waals surface area contributed by atoms with Crippen LogP contribution in [0, 0.1) is 0 Å². The van der Waals surface area contributed by atoms with Gasteiger partial charge in [0.25, 0.3) is 0 Å². The lowest BCUT2D eigenvalue weighted by molar-refractivity contribution is -0.122. The summed E-state index contributed by atoms with van der Waals surface area (Å²) in [7, 11) is 1.61. The Balaban J connectivity index is 1.97. The van der Waals surface area contributed by atoms with E-state index in [1.165, 1.54) is 0 Å². The molecule has 0 aliphatic carbocycles. The summed E-state index contributed by atoms with van der Waals surface area (Å²) < 4.78 is 5.13. The van der Waals surface area contributed by atoms with Gasteiger partial charge in [0.2, 0.25) is 0 Å². The van der Waals surface area contributed by atoms with E-state index in [1.54, 1.807) is 7.11 Å². The molecule has 2 rings (SSSR count). The molecule has 1 N–H and O–H groups in total. The van der Waals surface area contributed by atoms with Crippen molar-refractivity contribution in [2.24, 2.45) is 0 Å². The van der Waals surface area contributed by atoms with E-state index in [9.17, 15) is 9.90 Å². The second-order valence-electron chi connectivity index (χ2n) is 4.67. The third-order valence-corrected chi connectivity index (χ3v) is 3.24. The number of carbonyl (C=O) groups excluding carboxylic acids is 1. The Morgan fingerprint density at radius 2 is 2.33 bits per heavy atom. The third-order valence-electron chi connectivity index (χ3n) is 3.24. The maximum atomic E-state index is 11.3. The van der Waals surface area contributed by atoms with Gasteiger partial charge in [-0.2, -0.15) is 0 Å². The molecule has 0 spiro atoms. The van der Waals surface area contributed by atoms with Crippen LogP contribution in [0.1, 0.15) is 24.5 Å². The van der Waals surface area contributed by atoms with Crippen LogP contribution in [0.15, 0.2) is 24.3 Å². The van der Waals surface area contributed by atoms with Crippen molar-refractivity contribution in [1.29, 1.82) is 0 Å². The normalized spacial score (nSPS) is 18.7. The van der Waals surface area contributed by atoms with Gasteiger partial charge in [0.15, 0.2) is 0 Å². The number of β-amino-alcohol motifs (C(OH)–C–C–N with tert-alkyl or cyclic N) is 1. The van der Waals surface area contributed by atoms with Gasteiger partial charge in [0, 0.05) is 13.0 Å². The first-order valence-electron chi connectivity index (χ1n) is 6.25. The lowest BCUT2D eigenvalue weighted by Crippen LogP contribution is -2.38. The molecule has 98 valence electrons. The second-order valence-corrected chi connectivity index (χ2v) is 4.67. The summed E-state index contributed by atoms with van der Waals surface area (Å²) in [6, 6.07) is 7.41. The van der Waals surface area contributed by atoms with Crippen molar-refractivity contribution in [2.75, 3.05) is 26.7 Å². The van der Waals surface area contributed by atoms with Gasteiger partial charge in [-0.3, -0.25) is 9.69 Å². The van der Waals surface area contributed by atoms with Crippen LogP contribution >= 0.6 is 0 Å². The number of likely N-dealkylation sites (tertiary alicyclic amines) is 1. The maximum absolute atomic E-state index is 11.3. The lowest BCUT2D eigenvalue weighted by Gasteiger charge is -2.27. The maximum Gasteiger partial charge on any atom is 0.146 e. The van der Waals surface area contributed by atoms with Gasteiger partial charge in [-0.1, -0.05) is 12.1 Å². The van der Waals surface area contributed by atoms with E-state index in [4.69, 9.17) is 4.74 Å². The third kappa shape index (κ3) is 3.31. The van der Waals surface area contributed by atoms with E-state index in [-0.39, 0.29) is 5.78 Å². The van der Waals surface area contributed by atoms with Crippen molar-refractivity contribution in [3.63, 3.8) is 0 Å².